The van der Waals surface area contributed by atoms with E-state index >= 15 is 0 Å². The normalized spacial score (nSPS) is 15.7. The van der Waals surface area contributed by atoms with E-state index in [-0.39, 0.29) is 5.88 Å². The number of rotatable bonds is 3. The standard InChI is InChI=1S/C18H17N5O3/c24-16-4-2-13(20-16)17-21-18(26-22-17)11-1-3-15-14(9-11)19-10-23(15)12-5-7-25-8-6-12/h1-4,9-10,12,20,24H,5-8H2. The van der Waals surface area contributed by atoms with Crippen molar-refractivity contribution >= 4 is 11.0 Å². The van der Waals surface area contributed by atoms with E-state index in [0.717, 1.165) is 42.7 Å². The lowest BCUT2D eigenvalue weighted by Gasteiger charge is -2.23. The number of benzene rings is 1. The number of fused-ring (bicyclic) bond motifs is 1. The Kier molecular flexibility index (Phi) is 3.49. The lowest BCUT2D eigenvalue weighted by atomic mass is 10.1. The Hall–Kier alpha value is -3.13. The fourth-order valence-electron chi connectivity index (χ4n) is 3.38. The lowest BCUT2D eigenvalue weighted by molar-refractivity contribution is 0.0706. The SMILES string of the molecule is Oc1ccc(-c2noc(-c3ccc4c(c3)ncn4C3CCOCC3)n2)[nH]1. The van der Waals surface area contributed by atoms with Crippen LogP contribution >= 0.6 is 0 Å². The minimum Gasteiger partial charge on any atom is -0.495 e. The first-order chi connectivity index (χ1) is 12.8. The second-order valence-electron chi connectivity index (χ2n) is 6.38. The molecule has 1 fully saturated rings. The van der Waals surface area contributed by atoms with Crippen LogP contribution in [0.3, 0.4) is 0 Å². The van der Waals surface area contributed by atoms with E-state index in [1.165, 1.54) is 0 Å². The molecule has 0 amide bonds. The molecule has 1 aliphatic rings. The highest BCUT2D eigenvalue weighted by molar-refractivity contribution is 5.80. The zero-order valence-electron chi connectivity index (χ0n) is 13.9. The molecule has 26 heavy (non-hydrogen) atoms. The van der Waals surface area contributed by atoms with Crippen LogP contribution in [0.4, 0.5) is 0 Å². The highest BCUT2D eigenvalue weighted by Gasteiger charge is 2.19. The summed E-state index contributed by atoms with van der Waals surface area (Å²) in [7, 11) is 0. The van der Waals surface area contributed by atoms with Crippen molar-refractivity contribution in [2.45, 2.75) is 18.9 Å². The number of ether oxygens (including phenoxy) is 1. The van der Waals surface area contributed by atoms with Crippen LogP contribution in [0.2, 0.25) is 0 Å². The summed E-state index contributed by atoms with van der Waals surface area (Å²) < 4.78 is 13.0. The summed E-state index contributed by atoms with van der Waals surface area (Å²) >= 11 is 0. The number of H-pyrrole nitrogens is 1. The first-order valence-corrected chi connectivity index (χ1v) is 8.55. The molecule has 1 aromatic carbocycles. The van der Waals surface area contributed by atoms with Crippen molar-refractivity contribution in [3.63, 3.8) is 0 Å². The van der Waals surface area contributed by atoms with Gasteiger partial charge in [0, 0.05) is 30.9 Å². The zero-order chi connectivity index (χ0) is 17.5. The van der Waals surface area contributed by atoms with Crippen LogP contribution in [0.15, 0.2) is 41.2 Å². The molecule has 0 radical (unpaired) electrons. The molecule has 0 bridgehead atoms. The van der Waals surface area contributed by atoms with Gasteiger partial charge in [-0.2, -0.15) is 4.98 Å². The first-order valence-electron chi connectivity index (χ1n) is 8.55. The summed E-state index contributed by atoms with van der Waals surface area (Å²) in [4.78, 5) is 11.7. The molecule has 1 saturated heterocycles. The third kappa shape index (κ3) is 2.55. The molecule has 8 nitrogen and oxygen atoms in total. The van der Waals surface area contributed by atoms with Gasteiger partial charge in [0.2, 0.25) is 5.82 Å². The van der Waals surface area contributed by atoms with E-state index in [2.05, 4.69) is 24.7 Å². The Morgan fingerprint density at radius 3 is 2.85 bits per heavy atom. The van der Waals surface area contributed by atoms with Crippen molar-refractivity contribution in [3.8, 4) is 28.9 Å². The van der Waals surface area contributed by atoms with E-state index in [4.69, 9.17) is 9.26 Å². The van der Waals surface area contributed by atoms with Crippen LogP contribution in [0, 0.1) is 0 Å². The number of aromatic hydroxyl groups is 1. The molecule has 0 unspecified atom stereocenters. The molecule has 4 aromatic rings. The highest BCUT2D eigenvalue weighted by Crippen LogP contribution is 2.29. The maximum Gasteiger partial charge on any atom is 0.258 e. The van der Waals surface area contributed by atoms with Crippen LogP contribution in [0.1, 0.15) is 18.9 Å². The quantitative estimate of drug-likeness (QED) is 0.588. The number of nitrogens with one attached hydrogen (secondary N) is 1. The van der Waals surface area contributed by atoms with Gasteiger partial charge >= 0.3 is 0 Å². The Labute approximate surface area is 148 Å². The molecular formula is C18H17N5O3. The topological polar surface area (TPSA) is 102 Å². The van der Waals surface area contributed by atoms with Gasteiger partial charge in [0.15, 0.2) is 5.88 Å². The molecule has 0 atom stereocenters. The molecule has 1 aliphatic heterocycles. The molecule has 8 heteroatoms. The van der Waals surface area contributed by atoms with Gasteiger partial charge in [-0.25, -0.2) is 4.98 Å². The largest absolute Gasteiger partial charge is 0.495 e. The summed E-state index contributed by atoms with van der Waals surface area (Å²) in [6.07, 6.45) is 3.90. The molecule has 0 spiro atoms. The maximum atomic E-state index is 9.41. The van der Waals surface area contributed by atoms with Gasteiger partial charge < -0.3 is 23.9 Å². The molecule has 0 aliphatic carbocycles. The average molecular weight is 351 g/mol. The summed E-state index contributed by atoms with van der Waals surface area (Å²) in [5, 5.41) is 13.4. The van der Waals surface area contributed by atoms with E-state index in [0.29, 0.717) is 23.5 Å². The van der Waals surface area contributed by atoms with E-state index in [1.54, 1.807) is 12.1 Å². The number of hydrogen-bond donors (Lipinski definition) is 2. The summed E-state index contributed by atoms with van der Waals surface area (Å²) in [6, 6.07) is 9.62. The smallest absolute Gasteiger partial charge is 0.258 e. The third-order valence-electron chi connectivity index (χ3n) is 4.74. The summed E-state index contributed by atoms with van der Waals surface area (Å²) in [5.74, 6) is 0.871. The molecule has 4 heterocycles. The lowest BCUT2D eigenvalue weighted by Crippen LogP contribution is -2.18. The van der Waals surface area contributed by atoms with Gasteiger partial charge in [-0.3, -0.25) is 0 Å². The first kappa shape index (κ1) is 15.2. The molecule has 132 valence electrons. The highest BCUT2D eigenvalue weighted by atomic mass is 16.5. The van der Waals surface area contributed by atoms with Gasteiger partial charge in [-0.15, -0.1) is 0 Å². The molecule has 0 saturated carbocycles. The van der Waals surface area contributed by atoms with Gasteiger partial charge in [-0.1, -0.05) is 5.16 Å². The van der Waals surface area contributed by atoms with E-state index < -0.39 is 0 Å². The second-order valence-corrected chi connectivity index (χ2v) is 6.38. The Morgan fingerprint density at radius 1 is 1.15 bits per heavy atom. The fraction of sp³-hybridized carbons (Fsp3) is 0.278. The number of nitrogens with zero attached hydrogens (tertiary/aromatic N) is 4. The van der Waals surface area contributed by atoms with Crippen LogP contribution < -0.4 is 0 Å². The van der Waals surface area contributed by atoms with Crippen molar-refractivity contribution in [2.75, 3.05) is 13.2 Å². The monoisotopic (exact) mass is 351 g/mol. The van der Waals surface area contributed by atoms with Gasteiger partial charge in [0.25, 0.3) is 5.89 Å². The number of aromatic amines is 1. The Bertz CT molecular complexity index is 1060. The Balaban J connectivity index is 1.47. The number of imidazole rings is 1. The minimum atomic E-state index is 0.0615. The molecule has 2 N–H and O–H groups in total. The summed E-state index contributed by atoms with van der Waals surface area (Å²) in [5.41, 5.74) is 3.40. The van der Waals surface area contributed by atoms with Crippen LogP contribution in [0.25, 0.3) is 34.0 Å². The van der Waals surface area contributed by atoms with Crippen LogP contribution in [0.5, 0.6) is 5.88 Å². The van der Waals surface area contributed by atoms with Crippen molar-refractivity contribution in [2.24, 2.45) is 0 Å². The molecule has 5 rings (SSSR count). The third-order valence-corrected chi connectivity index (χ3v) is 4.74. The number of hydrogen-bond acceptors (Lipinski definition) is 6. The average Bonchev–Trinajstić information content (AvgIpc) is 3.41. The number of aromatic nitrogens is 5. The second kappa shape index (κ2) is 5.99. The van der Waals surface area contributed by atoms with Crippen molar-refractivity contribution in [1.82, 2.24) is 24.7 Å². The van der Waals surface area contributed by atoms with Crippen molar-refractivity contribution in [1.29, 1.82) is 0 Å². The van der Waals surface area contributed by atoms with Gasteiger partial charge in [0.1, 0.15) is 0 Å². The molecule has 3 aromatic heterocycles. The minimum absolute atomic E-state index is 0.0615. The maximum absolute atomic E-state index is 9.41. The van der Waals surface area contributed by atoms with Gasteiger partial charge in [-0.05, 0) is 37.1 Å². The molecular weight excluding hydrogens is 334 g/mol. The van der Waals surface area contributed by atoms with Crippen LogP contribution in [-0.2, 0) is 4.74 Å². The van der Waals surface area contributed by atoms with Crippen molar-refractivity contribution in [3.05, 3.63) is 36.7 Å². The van der Waals surface area contributed by atoms with Crippen molar-refractivity contribution < 1.29 is 14.4 Å². The predicted molar refractivity (Wildman–Crippen MR) is 93.6 cm³/mol. The van der Waals surface area contributed by atoms with Crippen LogP contribution in [-0.4, -0.2) is 43.0 Å². The van der Waals surface area contributed by atoms with Gasteiger partial charge in [0.05, 0.1) is 23.1 Å². The summed E-state index contributed by atoms with van der Waals surface area (Å²) in [6.45, 7) is 1.59. The predicted octanol–water partition coefficient (Wildman–Crippen LogP) is 3.14. The van der Waals surface area contributed by atoms with E-state index in [9.17, 15) is 5.11 Å². The van der Waals surface area contributed by atoms with E-state index in [1.807, 2.05) is 24.5 Å². The zero-order valence-corrected chi connectivity index (χ0v) is 13.9. The fourth-order valence-corrected chi connectivity index (χ4v) is 3.38. The Morgan fingerprint density at radius 2 is 2.04 bits per heavy atom.